The molecule has 3 rings (SSSR count). The topological polar surface area (TPSA) is 103 Å². The molecule has 2 aromatic rings. The Morgan fingerprint density at radius 1 is 1.31 bits per heavy atom. The molecule has 0 saturated carbocycles. The number of nitrogens with zero attached hydrogens (tertiary/aromatic N) is 4. The van der Waals surface area contributed by atoms with Gasteiger partial charge < -0.3 is 20.1 Å². The number of amides is 1. The second-order valence-corrected chi connectivity index (χ2v) is 8.11. The Balaban J connectivity index is 1.75. The van der Waals surface area contributed by atoms with E-state index in [9.17, 15) is 4.79 Å². The Hall–Kier alpha value is -2.74. The van der Waals surface area contributed by atoms with Crippen LogP contribution in [-0.2, 0) is 9.47 Å². The van der Waals surface area contributed by atoms with Crippen molar-refractivity contribution in [1.82, 2.24) is 19.9 Å². The van der Waals surface area contributed by atoms with Gasteiger partial charge in [0.25, 0.3) is 0 Å². The van der Waals surface area contributed by atoms with Gasteiger partial charge in [-0.15, -0.1) is 0 Å². The monoisotopic (exact) mass is 399 g/mol. The van der Waals surface area contributed by atoms with Gasteiger partial charge in [-0.05, 0) is 58.2 Å². The van der Waals surface area contributed by atoms with E-state index >= 15 is 0 Å². The van der Waals surface area contributed by atoms with Crippen LogP contribution < -0.4 is 5.73 Å². The molecule has 0 aliphatic carbocycles. The maximum Gasteiger partial charge on any atom is 0.410 e. The van der Waals surface area contributed by atoms with Crippen LogP contribution in [0.3, 0.4) is 0 Å². The van der Waals surface area contributed by atoms with E-state index in [0.717, 1.165) is 23.2 Å². The van der Waals surface area contributed by atoms with Gasteiger partial charge in [0.1, 0.15) is 5.60 Å². The third-order valence-electron chi connectivity index (χ3n) is 4.79. The van der Waals surface area contributed by atoms with Crippen LogP contribution in [0.15, 0.2) is 30.7 Å². The van der Waals surface area contributed by atoms with Crippen molar-refractivity contribution in [2.75, 3.05) is 18.9 Å². The lowest BCUT2D eigenvalue weighted by molar-refractivity contribution is -0.0370. The summed E-state index contributed by atoms with van der Waals surface area (Å²) < 4.78 is 11.6. The number of hydrogen-bond donors (Lipinski definition) is 1. The average Bonchev–Trinajstić information content (AvgIpc) is 2.68. The first-order valence-corrected chi connectivity index (χ1v) is 9.92. The molecule has 2 aromatic heterocycles. The molecule has 0 radical (unpaired) electrons. The number of rotatable bonds is 4. The molecule has 8 heteroatoms. The maximum absolute atomic E-state index is 12.6. The highest BCUT2D eigenvalue weighted by atomic mass is 16.6. The van der Waals surface area contributed by atoms with Crippen molar-refractivity contribution in [3.63, 3.8) is 0 Å². The number of carbonyl (C=O) groups excluding carboxylic acids is 1. The Kier molecular flexibility index (Phi) is 6.32. The van der Waals surface area contributed by atoms with Crippen LogP contribution >= 0.6 is 0 Å². The highest BCUT2D eigenvalue weighted by molar-refractivity contribution is 5.68. The molecule has 0 spiro atoms. The fourth-order valence-corrected chi connectivity index (χ4v) is 3.43. The van der Waals surface area contributed by atoms with E-state index < -0.39 is 5.60 Å². The molecule has 1 aliphatic rings. The molecule has 1 aliphatic heterocycles. The van der Waals surface area contributed by atoms with Crippen LogP contribution in [0.5, 0.6) is 0 Å². The summed E-state index contributed by atoms with van der Waals surface area (Å²) in [6.45, 7) is 8.79. The zero-order valence-corrected chi connectivity index (χ0v) is 17.5. The van der Waals surface area contributed by atoms with E-state index in [4.69, 9.17) is 15.2 Å². The Labute approximate surface area is 171 Å². The summed E-state index contributed by atoms with van der Waals surface area (Å²) in [5.74, 6) is 0.227. The number of hydrogen-bond acceptors (Lipinski definition) is 7. The summed E-state index contributed by atoms with van der Waals surface area (Å²) in [7, 11) is 0. The molecule has 3 heterocycles. The number of carbonyl (C=O) groups is 1. The molecule has 1 saturated heterocycles. The summed E-state index contributed by atoms with van der Waals surface area (Å²) in [4.78, 5) is 26.9. The normalized spacial score (nSPS) is 19.6. The number of nitrogen functional groups attached to an aromatic ring is 1. The first-order valence-electron chi connectivity index (χ1n) is 9.92. The summed E-state index contributed by atoms with van der Waals surface area (Å²) >= 11 is 0. The lowest BCUT2D eigenvalue weighted by atomic mass is 9.96. The van der Waals surface area contributed by atoms with Crippen molar-refractivity contribution in [3.05, 3.63) is 36.3 Å². The van der Waals surface area contributed by atoms with Crippen LogP contribution in [0.2, 0.25) is 0 Å². The SMILES string of the molecule is CCN(C(=O)OC(C)(C)C)C1CCOC(c2ccnc(-c3cnc(N)nc3)c2)C1. The van der Waals surface area contributed by atoms with Crippen LogP contribution in [0.25, 0.3) is 11.3 Å². The second-order valence-electron chi connectivity index (χ2n) is 8.11. The van der Waals surface area contributed by atoms with E-state index in [-0.39, 0.29) is 24.2 Å². The predicted octanol–water partition coefficient (Wildman–Crippen LogP) is 3.60. The zero-order valence-electron chi connectivity index (χ0n) is 17.5. The quantitative estimate of drug-likeness (QED) is 0.838. The molecule has 2 atom stereocenters. The fourth-order valence-electron chi connectivity index (χ4n) is 3.43. The molecule has 8 nitrogen and oxygen atoms in total. The molecule has 1 amide bonds. The van der Waals surface area contributed by atoms with Crippen LogP contribution in [0.1, 0.15) is 52.2 Å². The Morgan fingerprint density at radius 3 is 2.69 bits per heavy atom. The van der Waals surface area contributed by atoms with Crippen molar-refractivity contribution >= 4 is 12.0 Å². The smallest absolute Gasteiger partial charge is 0.410 e. The lowest BCUT2D eigenvalue weighted by Crippen LogP contribution is -2.46. The molecule has 1 fully saturated rings. The highest BCUT2D eigenvalue weighted by Crippen LogP contribution is 2.32. The van der Waals surface area contributed by atoms with Crippen LogP contribution in [0, 0.1) is 0 Å². The standard InChI is InChI=1S/C21H29N5O3/c1-5-26(20(27)29-21(2,3)4)16-7-9-28-18(11-16)14-6-8-23-17(10-14)15-12-24-19(22)25-13-15/h6,8,10,12-13,16,18H,5,7,9,11H2,1-4H3,(H2,22,24,25). The van der Waals surface area contributed by atoms with Gasteiger partial charge in [-0.1, -0.05) is 0 Å². The third-order valence-corrected chi connectivity index (χ3v) is 4.79. The molecule has 29 heavy (non-hydrogen) atoms. The Morgan fingerprint density at radius 2 is 2.03 bits per heavy atom. The second kappa shape index (κ2) is 8.73. The number of anilines is 1. The predicted molar refractivity (Wildman–Crippen MR) is 110 cm³/mol. The van der Waals surface area contributed by atoms with E-state index in [1.165, 1.54) is 0 Å². The van der Waals surface area contributed by atoms with Gasteiger partial charge in [-0.3, -0.25) is 4.98 Å². The van der Waals surface area contributed by atoms with E-state index in [1.54, 1.807) is 23.5 Å². The molecule has 2 unspecified atom stereocenters. The summed E-state index contributed by atoms with van der Waals surface area (Å²) in [5, 5.41) is 0. The van der Waals surface area contributed by atoms with Gasteiger partial charge in [0.05, 0.1) is 11.8 Å². The molecule has 2 N–H and O–H groups in total. The maximum atomic E-state index is 12.6. The summed E-state index contributed by atoms with van der Waals surface area (Å²) in [5.41, 5.74) is 7.61. The molecule has 0 bridgehead atoms. The molecule has 156 valence electrons. The van der Waals surface area contributed by atoms with Gasteiger partial charge in [0, 0.05) is 43.3 Å². The minimum atomic E-state index is -0.518. The number of ether oxygens (including phenoxy) is 2. The minimum Gasteiger partial charge on any atom is -0.444 e. The van der Waals surface area contributed by atoms with Crippen LogP contribution in [0.4, 0.5) is 10.7 Å². The number of nitrogens with two attached hydrogens (primary N) is 1. The van der Waals surface area contributed by atoms with Crippen molar-refractivity contribution in [3.8, 4) is 11.3 Å². The molecule has 0 aromatic carbocycles. The van der Waals surface area contributed by atoms with Gasteiger partial charge >= 0.3 is 6.09 Å². The highest BCUT2D eigenvalue weighted by Gasteiger charge is 2.32. The number of aromatic nitrogens is 3. The van der Waals surface area contributed by atoms with E-state index in [0.29, 0.717) is 19.6 Å². The first-order chi connectivity index (χ1) is 13.8. The summed E-state index contributed by atoms with van der Waals surface area (Å²) in [6, 6.07) is 3.98. The van der Waals surface area contributed by atoms with E-state index in [2.05, 4.69) is 15.0 Å². The third kappa shape index (κ3) is 5.41. The van der Waals surface area contributed by atoms with Crippen molar-refractivity contribution in [2.45, 2.75) is 58.3 Å². The van der Waals surface area contributed by atoms with Crippen molar-refractivity contribution in [1.29, 1.82) is 0 Å². The van der Waals surface area contributed by atoms with Gasteiger partial charge in [-0.25, -0.2) is 14.8 Å². The zero-order chi connectivity index (χ0) is 21.0. The first kappa shape index (κ1) is 21.0. The largest absolute Gasteiger partial charge is 0.444 e. The Bertz CT molecular complexity index is 835. The lowest BCUT2D eigenvalue weighted by Gasteiger charge is -2.37. The molecular formula is C21H29N5O3. The van der Waals surface area contributed by atoms with E-state index in [1.807, 2.05) is 39.8 Å². The number of pyridine rings is 1. The average molecular weight is 399 g/mol. The summed E-state index contributed by atoms with van der Waals surface area (Å²) in [6.07, 6.45) is 6.14. The van der Waals surface area contributed by atoms with Gasteiger partial charge in [0.15, 0.2) is 0 Å². The van der Waals surface area contributed by atoms with Crippen molar-refractivity contribution < 1.29 is 14.3 Å². The fraction of sp³-hybridized carbons (Fsp3) is 0.524. The van der Waals surface area contributed by atoms with Gasteiger partial charge in [-0.2, -0.15) is 0 Å². The van der Waals surface area contributed by atoms with Crippen LogP contribution in [-0.4, -0.2) is 50.7 Å². The van der Waals surface area contributed by atoms with Gasteiger partial charge in [0.2, 0.25) is 5.95 Å². The molecular weight excluding hydrogens is 370 g/mol. The van der Waals surface area contributed by atoms with Crippen molar-refractivity contribution in [2.24, 2.45) is 0 Å². The minimum absolute atomic E-state index is 0.0603.